The summed E-state index contributed by atoms with van der Waals surface area (Å²) >= 11 is 0. The molecule has 0 spiro atoms. The molecule has 2 heteroatoms. The maximum absolute atomic E-state index is 2.56. The smallest absolute Gasteiger partial charge is 0.158 e. The summed E-state index contributed by atoms with van der Waals surface area (Å²) in [4.78, 5) is 0. The molecule has 2 nitrogen and oxygen atoms in total. The fourth-order valence-electron chi connectivity index (χ4n) is 9.15. The predicted octanol–water partition coefficient (Wildman–Crippen LogP) is 11.7. The average molecular weight is 681 g/mol. The molecule has 2 aliphatic heterocycles. The highest BCUT2D eigenvalue weighted by molar-refractivity contribution is 6.00. The molecule has 9 rings (SSSR count). The van der Waals surface area contributed by atoms with Crippen LogP contribution in [0.3, 0.4) is 0 Å². The lowest BCUT2D eigenvalue weighted by Crippen LogP contribution is -2.44. The Morgan fingerprint density at radius 1 is 0.519 bits per heavy atom. The Morgan fingerprint density at radius 3 is 1.81 bits per heavy atom. The molecular formula is C50H52N2+2. The van der Waals surface area contributed by atoms with Gasteiger partial charge in [-0.05, 0) is 89.7 Å². The van der Waals surface area contributed by atoms with Gasteiger partial charge in [0.1, 0.15) is 0 Å². The zero-order chi connectivity index (χ0) is 36.7. The molecule has 0 saturated carbocycles. The average Bonchev–Trinajstić information content (AvgIpc) is 3.52. The number of rotatable bonds is 0. The van der Waals surface area contributed by atoms with Crippen LogP contribution in [0.4, 0.5) is 0 Å². The standard InChI is InChI=1S/C50H52N2/c1-47(2,3)32-18-16-31-24-44(51-22-20-33(48(4,5)6)26-42(51)37(31)25-32)46-40-29-41-38(28-39(40)43-27-34(49(7,8)9)21-23-52(43)46)36-19-17-30-14-12-13-15-35(30)45(36)50(41,10)11/h12-23,25-29H,24H2,1-11H3/q+2/b46-44+. The highest BCUT2D eigenvalue weighted by Gasteiger charge is 2.46. The van der Waals surface area contributed by atoms with E-state index in [0.29, 0.717) is 0 Å². The van der Waals surface area contributed by atoms with E-state index in [4.69, 9.17) is 0 Å². The van der Waals surface area contributed by atoms with Crippen LogP contribution < -0.4 is 9.13 Å². The second-order valence-corrected chi connectivity index (χ2v) is 19.2. The van der Waals surface area contributed by atoms with E-state index in [2.05, 4.69) is 189 Å². The van der Waals surface area contributed by atoms with Crippen molar-refractivity contribution in [2.24, 2.45) is 0 Å². The Kier molecular flexibility index (Phi) is 6.75. The number of benzene rings is 4. The molecule has 0 amide bonds. The van der Waals surface area contributed by atoms with Crippen molar-refractivity contribution < 1.29 is 9.13 Å². The highest BCUT2D eigenvalue weighted by atomic mass is 15.1. The van der Waals surface area contributed by atoms with Crippen LogP contribution in [0, 0.1) is 0 Å². The second kappa shape index (κ2) is 10.6. The van der Waals surface area contributed by atoms with Crippen molar-refractivity contribution in [1.29, 1.82) is 0 Å². The van der Waals surface area contributed by atoms with Crippen LogP contribution in [0.2, 0.25) is 0 Å². The molecule has 4 heterocycles. The third kappa shape index (κ3) is 4.76. The minimum absolute atomic E-state index is 0.0368. The molecule has 260 valence electrons. The summed E-state index contributed by atoms with van der Waals surface area (Å²) in [5.74, 6) is 0. The zero-order valence-corrected chi connectivity index (χ0v) is 32.9. The molecule has 0 saturated heterocycles. The fraction of sp³-hybridized carbons (Fsp3) is 0.320. The monoisotopic (exact) mass is 680 g/mol. The Morgan fingerprint density at radius 2 is 1.13 bits per heavy atom. The van der Waals surface area contributed by atoms with Crippen molar-refractivity contribution in [3.63, 3.8) is 0 Å². The number of nitrogens with zero attached hydrogens (tertiary/aromatic N) is 2. The Balaban J connectivity index is 1.36. The quantitative estimate of drug-likeness (QED) is 0.141. The van der Waals surface area contributed by atoms with Crippen molar-refractivity contribution in [3.05, 3.63) is 142 Å². The summed E-state index contributed by atoms with van der Waals surface area (Å²) < 4.78 is 5.02. The summed E-state index contributed by atoms with van der Waals surface area (Å²) in [6, 6.07) is 35.5. The third-order valence-corrected chi connectivity index (χ3v) is 12.3. The molecule has 52 heavy (non-hydrogen) atoms. The van der Waals surface area contributed by atoms with E-state index in [1.807, 2.05) is 0 Å². The molecule has 0 atom stereocenters. The van der Waals surface area contributed by atoms with Gasteiger partial charge in [-0.15, -0.1) is 0 Å². The fourth-order valence-corrected chi connectivity index (χ4v) is 9.15. The molecule has 0 fully saturated rings. The summed E-state index contributed by atoms with van der Waals surface area (Å²) in [7, 11) is 0. The largest absolute Gasteiger partial charge is 0.287 e. The lowest BCUT2D eigenvalue weighted by Gasteiger charge is -2.25. The van der Waals surface area contributed by atoms with Crippen LogP contribution in [-0.4, -0.2) is 0 Å². The van der Waals surface area contributed by atoms with Gasteiger partial charge in [-0.25, -0.2) is 0 Å². The van der Waals surface area contributed by atoms with Crippen molar-refractivity contribution in [1.82, 2.24) is 0 Å². The molecule has 0 bridgehead atoms. The number of aromatic nitrogens is 2. The van der Waals surface area contributed by atoms with Crippen LogP contribution in [0.15, 0.2) is 103 Å². The number of fused-ring (bicyclic) bond motifs is 11. The lowest BCUT2D eigenvalue weighted by atomic mass is 9.79. The minimum atomic E-state index is -0.137. The van der Waals surface area contributed by atoms with E-state index >= 15 is 0 Å². The molecule has 6 aromatic rings. The van der Waals surface area contributed by atoms with E-state index in [0.717, 1.165) is 6.42 Å². The van der Waals surface area contributed by atoms with Gasteiger partial charge in [-0.3, -0.25) is 0 Å². The summed E-state index contributed by atoms with van der Waals surface area (Å²) in [6.45, 7) is 25.8. The first-order valence-corrected chi connectivity index (χ1v) is 19.1. The number of pyridine rings is 2. The first-order chi connectivity index (χ1) is 24.4. The predicted molar refractivity (Wildman–Crippen MR) is 218 cm³/mol. The van der Waals surface area contributed by atoms with Crippen LogP contribution in [0.1, 0.15) is 115 Å². The second-order valence-electron chi connectivity index (χ2n) is 19.2. The molecule has 0 N–H and O–H groups in total. The number of hydrogen-bond donors (Lipinski definition) is 0. The summed E-state index contributed by atoms with van der Waals surface area (Å²) in [5.41, 5.74) is 20.3. The first-order valence-electron chi connectivity index (χ1n) is 19.1. The van der Waals surface area contributed by atoms with Gasteiger partial charge in [-0.2, -0.15) is 9.13 Å². The van der Waals surface area contributed by atoms with Gasteiger partial charge in [0.2, 0.25) is 11.4 Å². The molecule has 0 radical (unpaired) electrons. The van der Waals surface area contributed by atoms with Crippen LogP contribution in [0.25, 0.3) is 55.8 Å². The summed E-state index contributed by atoms with van der Waals surface area (Å²) in [6.07, 6.45) is 5.56. The Hall–Kier alpha value is -4.82. The van der Waals surface area contributed by atoms with Gasteiger partial charge < -0.3 is 0 Å². The normalized spacial score (nSPS) is 17.0. The van der Waals surface area contributed by atoms with Gasteiger partial charge in [-0.1, -0.05) is 125 Å². The first kappa shape index (κ1) is 33.0. The molecule has 1 aliphatic carbocycles. The molecule has 4 aromatic carbocycles. The number of hydrogen-bond acceptors (Lipinski definition) is 0. The minimum Gasteiger partial charge on any atom is -0.158 e. The zero-order valence-electron chi connectivity index (χ0n) is 32.9. The van der Waals surface area contributed by atoms with Gasteiger partial charge >= 0.3 is 0 Å². The molecule has 0 unspecified atom stereocenters. The highest BCUT2D eigenvalue weighted by Crippen LogP contribution is 2.54. The van der Waals surface area contributed by atoms with E-state index in [9.17, 15) is 0 Å². The Bertz CT molecular complexity index is 2550. The van der Waals surface area contributed by atoms with E-state index in [1.165, 1.54) is 94.8 Å². The topological polar surface area (TPSA) is 7.76 Å². The van der Waals surface area contributed by atoms with Crippen molar-refractivity contribution in [2.45, 2.75) is 104 Å². The van der Waals surface area contributed by atoms with Gasteiger partial charge in [0.15, 0.2) is 12.4 Å². The van der Waals surface area contributed by atoms with Crippen molar-refractivity contribution >= 4 is 22.2 Å². The molecular weight excluding hydrogens is 629 g/mol. The number of allylic oxidation sites excluding steroid dienone is 1. The van der Waals surface area contributed by atoms with Crippen LogP contribution >= 0.6 is 0 Å². The van der Waals surface area contributed by atoms with Crippen molar-refractivity contribution in [3.8, 4) is 33.6 Å². The lowest BCUT2D eigenvalue weighted by molar-refractivity contribution is -0.597. The SMILES string of the molecule is CC(C)(C)c1ccc2c(c1)-c1cc(C(C)(C)C)cc[n+]1/C(=C1\c3cc4c(cc3-c3cc(C(C)(C)C)cc[n+]31)-c1ccc3ccccc3c1C4(C)C)C2. The maximum Gasteiger partial charge on any atom is 0.287 e. The van der Waals surface area contributed by atoms with Gasteiger partial charge in [0.05, 0.1) is 23.1 Å². The van der Waals surface area contributed by atoms with Gasteiger partial charge in [0, 0.05) is 29.7 Å². The third-order valence-electron chi connectivity index (χ3n) is 12.3. The molecule has 3 aliphatic rings. The van der Waals surface area contributed by atoms with E-state index in [-0.39, 0.29) is 21.7 Å². The maximum atomic E-state index is 2.56. The molecule has 2 aromatic heterocycles. The van der Waals surface area contributed by atoms with Crippen LogP contribution in [-0.2, 0) is 28.1 Å². The van der Waals surface area contributed by atoms with Gasteiger partial charge in [0.25, 0.3) is 11.4 Å². The Labute approximate surface area is 310 Å². The van der Waals surface area contributed by atoms with E-state index < -0.39 is 0 Å². The van der Waals surface area contributed by atoms with E-state index in [1.54, 1.807) is 0 Å². The van der Waals surface area contributed by atoms with Crippen LogP contribution in [0.5, 0.6) is 0 Å². The van der Waals surface area contributed by atoms with Crippen molar-refractivity contribution in [2.75, 3.05) is 0 Å². The summed E-state index contributed by atoms with van der Waals surface area (Å²) in [5, 5.41) is 2.67.